The lowest BCUT2D eigenvalue weighted by Crippen LogP contribution is -2.40. The highest BCUT2D eigenvalue weighted by Crippen LogP contribution is 2.23. The molecule has 5 heteroatoms. The van der Waals surface area contributed by atoms with Crippen LogP contribution in [0.15, 0.2) is 48.5 Å². The second kappa shape index (κ2) is 8.12. The highest BCUT2D eigenvalue weighted by molar-refractivity contribution is 5.54. The zero-order chi connectivity index (χ0) is 17.6. The highest BCUT2D eigenvalue weighted by Gasteiger charge is 2.19. The molecule has 1 N–H and O–H groups in total. The summed E-state index contributed by atoms with van der Waals surface area (Å²) in [6.45, 7) is 5.08. The lowest BCUT2D eigenvalue weighted by atomic mass is 10.0. The Labute approximate surface area is 148 Å². The zero-order valence-corrected chi connectivity index (χ0v) is 14.6. The van der Waals surface area contributed by atoms with Crippen molar-refractivity contribution < 1.29 is 4.92 Å². The van der Waals surface area contributed by atoms with Crippen molar-refractivity contribution in [2.45, 2.75) is 32.2 Å². The molecule has 2 aromatic carbocycles. The molecule has 0 atom stereocenters. The largest absolute Gasteiger partial charge is 0.382 e. The Morgan fingerprint density at radius 3 is 2.52 bits per heavy atom. The van der Waals surface area contributed by atoms with Gasteiger partial charge in [0.25, 0.3) is 5.69 Å². The van der Waals surface area contributed by atoms with E-state index >= 15 is 0 Å². The van der Waals surface area contributed by atoms with Crippen LogP contribution in [-0.4, -0.2) is 35.5 Å². The summed E-state index contributed by atoms with van der Waals surface area (Å²) in [5.41, 5.74) is 3.26. The predicted octanol–water partition coefficient (Wildman–Crippen LogP) is 4.02. The number of benzene rings is 2. The quantitative estimate of drug-likeness (QED) is 0.638. The average Bonchev–Trinajstić information content (AvgIpc) is 2.62. The van der Waals surface area contributed by atoms with Crippen LogP contribution in [-0.2, 0) is 6.42 Å². The van der Waals surface area contributed by atoms with Crippen molar-refractivity contribution in [3.05, 3.63) is 69.8 Å². The SMILES string of the molecule is Cc1cc(NC2CCN(CCc3ccccc3)CC2)ccc1[N+](=O)[O-]. The van der Waals surface area contributed by atoms with E-state index in [2.05, 4.69) is 40.5 Å². The van der Waals surface area contributed by atoms with Crippen molar-refractivity contribution in [2.24, 2.45) is 0 Å². The van der Waals surface area contributed by atoms with Crippen molar-refractivity contribution in [1.82, 2.24) is 4.90 Å². The molecule has 0 spiro atoms. The van der Waals surface area contributed by atoms with E-state index < -0.39 is 0 Å². The molecule has 0 radical (unpaired) electrons. The molecule has 0 aromatic heterocycles. The van der Waals surface area contributed by atoms with Gasteiger partial charge < -0.3 is 10.2 Å². The van der Waals surface area contributed by atoms with Crippen LogP contribution in [0.5, 0.6) is 0 Å². The number of hydrogen-bond acceptors (Lipinski definition) is 4. The van der Waals surface area contributed by atoms with Crippen molar-refractivity contribution in [3.63, 3.8) is 0 Å². The number of aryl methyl sites for hydroxylation is 1. The van der Waals surface area contributed by atoms with Gasteiger partial charge in [-0.1, -0.05) is 30.3 Å². The van der Waals surface area contributed by atoms with Crippen LogP contribution in [0.2, 0.25) is 0 Å². The van der Waals surface area contributed by atoms with E-state index in [0.29, 0.717) is 11.6 Å². The smallest absolute Gasteiger partial charge is 0.272 e. The molecular formula is C20H25N3O2. The molecule has 1 fully saturated rings. The number of rotatable bonds is 6. The standard InChI is InChI=1S/C20H25N3O2/c1-16-15-19(7-8-20(16)23(24)25)21-18-10-13-22(14-11-18)12-9-17-5-3-2-4-6-17/h2-8,15,18,21H,9-14H2,1H3. The number of likely N-dealkylation sites (tertiary alicyclic amines) is 1. The molecule has 1 heterocycles. The molecule has 0 saturated carbocycles. The van der Waals surface area contributed by atoms with Crippen LogP contribution in [0.4, 0.5) is 11.4 Å². The summed E-state index contributed by atoms with van der Waals surface area (Å²) >= 11 is 0. The molecule has 3 rings (SSSR count). The van der Waals surface area contributed by atoms with Gasteiger partial charge in [-0.3, -0.25) is 10.1 Å². The summed E-state index contributed by atoms with van der Waals surface area (Å²) in [6.07, 6.45) is 3.30. The van der Waals surface area contributed by atoms with Gasteiger partial charge in [0.2, 0.25) is 0 Å². The molecule has 0 aliphatic carbocycles. The summed E-state index contributed by atoms with van der Waals surface area (Å²) in [7, 11) is 0. The van der Waals surface area contributed by atoms with Gasteiger partial charge in [0.15, 0.2) is 0 Å². The number of nitro benzene ring substituents is 1. The van der Waals surface area contributed by atoms with E-state index in [9.17, 15) is 10.1 Å². The first kappa shape index (κ1) is 17.4. The summed E-state index contributed by atoms with van der Waals surface area (Å²) < 4.78 is 0. The molecule has 0 bridgehead atoms. The van der Waals surface area contributed by atoms with E-state index in [1.165, 1.54) is 5.56 Å². The van der Waals surface area contributed by atoms with Gasteiger partial charge in [-0.05, 0) is 43.9 Å². The van der Waals surface area contributed by atoms with E-state index in [4.69, 9.17) is 0 Å². The van der Waals surface area contributed by atoms with Gasteiger partial charge in [0.05, 0.1) is 4.92 Å². The Bertz CT molecular complexity index is 710. The van der Waals surface area contributed by atoms with Crippen molar-refractivity contribution in [1.29, 1.82) is 0 Å². The minimum atomic E-state index is -0.329. The maximum Gasteiger partial charge on any atom is 0.272 e. The molecule has 5 nitrogen and oxygen atoms in total. The number of nitro groups is 1. The third-order valence-electron chi connectivity index (χ3n) is 4.91. The fourth-order valence-electron chi connectivity index (χ4n) is 3.42. The number of nitrogens with zero attached hydrogens (tertiary/aromatic N) is 2. The van der Waals surface area contributed by atoms with Gasteiger partial charge >= 0.3 is 0 Å². The number of nitrogens with one attached hydrogen (secondary N) is 1. The van der Waals surface area contributed by atoms with Crippen LogP contribution in [0.1, 0.15) is 24.0 Å². The highest BCUT2D eigenvalue weighted by atomic mass is 16.6. The second-order valence-electron chi connectivity index (χ2n) is 6.75. The maximum absolute atomic E-state index is 10.9. The van der Waals surface area contributed by atoms with E-state index in [-0.39, 0.29) is 10.6 Å². The second-order valence-corrected chi connectivity index (χ2v) is 6.75. The van der Waals surface area contributed by atoms with E-state index in [1.807, 2.05) is 12.1 Å². The number of hydrogen-bond donors (Lipinski definition) is 1. The van der Waals surface area contributed by atoms with Gasteiger partial charge in [-0.25, -0.2) is 0 Å². The third-order valence-corrected chi connectivity index (χ3v) is 4.91. The maximum atomic E-state index is 10.9. The lowest BCUT2D eigenvalue weighted by molar-refractivity contribution is -0.385. The Morgan fingerprint density at radius 2 is 1.88 bits per heavy atom. The summed E-state index contributed by atoms with van der Waals surface area (Å²) in [6, 6.07) is 16.3. The average molecular weight is 339 g/mol. The summed E-state index contributed by atoms with van der Waals surface area (Å²) in [5, 5.41) is 14.4. The minimum absolute atomic E-state index is 0.182. The molecule has 1 aliphatic heterocycles. The van der Waals surface area contributed by atoms with E-state index in [0.717, 1.165) is 44.6 Å². The Morgan fingerprint density at radius 1 is 1.16 bits per heavy atom. The molecular weight excluding hydrogens is 314 g/mol. The van der Waals surface area contributed by atoms with Crippen molar-refractivity contribution >= 4 is 11.4 Å². The van der Waals surface area contributed by atoms with Crippen molar-refractivity contribution in [3.8, 4) is 0 Å². The van der Waals surface area contributed by atoms with Crippen LogP contribution in [0.3, 0.4) is 0 Å². The molecule has 2 aromatic rings. The minimum Gasteiger partial charge on any atom is -0.382 e. The summed E-state index contributed by atoms with van der Waals surface area (Å²) in [4.78, 5) is 13.1. The van der Waals surface area contributed by atoms with Gasteiger partial charge in [0.1, 0.15) is 0 Å². The first-order valence-corrected chi connectivity index (χ1v) is 8.89. The first-order valence-electron chi connectivity index (χ1n) is 8.89. The molecule has 132 valence electrons. The van der Waals surface area contributed by atoms with Crippen LogP contribution in [0, 0.1) is 17.0 Å². The van der Waals surface area contributed by atoms with Gasteiger partial charge in [-0.15, -0.1) is 0 Å². The Kier molecular flexibility index (Phi) is 5.66. The first-order chi connectivity index (χ1) is 12.1. The lowest BCUT2D eigenvalue weighted by Gasteiger charge is -2.33. The van der Waals surface area contributed by atoms with Crippen LogP contribution in [0.25, 0.3) is 0 Å². The zero-order valence-electron chi connectivity index (χ0n) is 14.6. The number of piperidine rings is 1. The van der Waals surface area contributed by atoms with Crippen LogP contribution >= 0.6 is 0 Å². The predicted molar refractivity (Wildman–Crippen MR) is 101 cm³/mol. The van der Waals surface area contributed by atoms with Crippen LogP contribution < -0.4 is 5.32 Å². The molecule has 1 saturated heterocycles. The fraction of sp³-hybridized carbons (Fsp3) is 0.400. The Hall–Kier alpha value is -2.40. The molecule has 1 aliphatic rings. The molecule has 25 heavy (non-hydrogen) atoms. The molecule has 0 amide bonds. The Balaban J connectivity index is 1.46. The van der Waals surface area contributed by atoms with Gasteiger partial charge in [0, 0.05) is 43.0 Å². The topological polar surface area (TPSA) is 58.4 Å². The normalized spacial score (nSPS) is 15.9. The fourth-order valence-corrected chi connectivity index (χ4v) is 3.42. The molecule has 0 unspecified atom stereocenters. The third kappa shape index (κ3) is 4.79. The van der Waals surface area contributed by atoms with Crippen molar-refractivity contribution in [2.75, 3.05) is 25.0 Å². The monoisotopic (exact) mass is 339 g/mol. The van der Waals surface area contributed by atoms with E-state index in [1.54, 1.807) is 13.0 Å². The summed E-state index contributed by atoms with van der Waals surface area (Å²) in [5.74, 6) is 0. The van der Waals surface area contributed by atoms with Gasteiger partial charge in [-0.2, -0.15) is 0 Å². The number of anilines is 1.